The van der Waals surface area contributed by atoms with Crippen molar-refractivity contribution in [3.8, 4) is 0 Å². The maximum absolute atomic E-state index is 13.3. The average Bonchev–Trinajstić information content (AvgIpc) is 2.47. The minimum Gasteiger partial charge on any atom is -0.384 e. The molecule has 0 bridgehead atoms. The van der Waals surface area contributed by atoms with Gasteiger partial charge in [0.15, 0.2) is 0 Å². The summed E-state index contributed by atoms with van der Waals surface area (Å²) in [7, 11) is 1.71. The van der Waals surface area contributed by atoms with Gasteiger partial charge >= 0.3 is 0 Å². The van der Waals surface area contributed by atoms with Crippen LogP contribution in [0.5, 0.6) is 0 Å². The van der Waals surface area contributed by atoms with Gasteiger partial charge in [-0.2, -0.15) is 0 Å². The smallest absolute Gasteiger partial charge is 0.231 e. The van der Waals surface area contributed by atoms with Crippen LogP contribution in [0, 0.1) is 11.3 Å². The quantitative estimate of drug-likeness (QED) is 0.749. The normalized spacial score (nSPS) is 18.2. The summed E-state index contributed by atoms with van der Waals surface area (Å²) in [4.78, 5) is 15.5. The van der Waals surface area contributed by atoms with E-state index >= 15 is 0 Å². The molecule has 1 saturated heterocycles. The number of nitrogens with one attached hydrogen (secondary N) is 1. The first-order valence-electron chi connectivity index (χ1n) is 8.51. The molecule has 1 N–H and O–H groups in total. The Balaban J connectivity index is 2.98. The van der Waals surface area contributed by atoms with Crippen LogP contribution in [0.15, 0.2) is 0 Å². The van der Waals surface area contributed by atoms with Crippen LogP contribution in [-0.2, 0) is 9.53 Å². The first kappa shape index (κ1) is 18.4. The second kappa shape index (κ2) is 8.74. The maximum atomic E-state index is 13.3. The van der Waals surface area contributed by atoms with E-state index in [1.165, 1.54) is 0 Å². The molecule has 0 spiro atoms. The molecular weight excluding hydrogens is 264 g/mol. The highest BCUT2D eigenvalue weighted by Crippen LogP contribution is 2.33. The van der Waals surface area contributed by atoms with Crippen molar-refractivity contribution in [2.45, 2.75) is 59.4 Å². The van der Waals surface area contributed by atoms with Crippen molar-refractivity contribution >= 4 is 5.91 Å². The summed E-state index contributed by atoms with van der Waals surface area (Å²) in [6.07, 6.45) is 3.81. The lowest BCUT2D eigenvalue weighted by molar-refractivity contribution is -0.151. The van der Waals surface area contributed by atoms with Crippen LogP contribution in [0.2, 0.25) is 0 Å². The third-order valence-corrected chi connectivity index (χ3v) is 4.64. The molecule has 0 aromatic rings. The zero-order valence-corrected chi connectivity index (χ0v) is 14.6. The summed E-state index contributed by atoms with van der Waals surface area (Å²) in [6, 6.07) is 0.350. The number of carbonyl (C=O) groups excluding carboxylic acids is 1. The largest absolute Gasteiger partial charge is 0.384 e. The van der Waals surface area contributed by atoms with Crippen molar-refractivity contribution in [2.75, 3.05) is 33.4 Å². The molecular formula is C17H34N2O2. The standard InChI is InChI=1S/C17H34N2O2/c1-6-15(7-2)19(12-14(3)4)16(20)17(13-21-5)8-10-18-11-9-17/h14-15,18H,6-13H2,1-5H3. The van der Waals surface area contributed by atoms with Gasteiger partial charge in [-0.05, 0) is 44.7 Å². The van der Waals surface area contributed by atoms with Crippen LogP contribution in [0.1, 0.15) is 53.4 Å². The van der Waals surface area contributed by atoms with Gasteiger partial charge in [0.25, 0.3) is 0 Å². The van der Waals surface area contributed by atoms with Crippen LogP contribution in [0.4, 0.5) is 0 Å². The molecule has 124 valence electrons. The zero-order valence-electron chi connectivity index (χ0n) is 14.6. The number of hydrogen-bond acceptors (Lipinski definition) is 3. The van der Waals surface area contributed by atoms with E-state index in [2.05, 4.69) is 37.9 Å². The molecule has 4 heteroatoms. The maximum Gasteiger partial charge on any atom is 0.231 e. The van der Waals surface area contributed by atoms with E-state index in [0.29, 0.717) is 24.5 Å². The van der Waals surface area contributed by atoms with Crippen LogP contribution in [0.25, 0.3) is 0 Å². The Kier molecular flexibility index (Phi) is 7.67. The van der Waals surface area contributed by atoms with Crippen LogP contribution in [0.3, 0.4) is 0 Å². The number of nitrogens with zero attached hydrogens (tertiary/aromatic N) is 1. The molecule has 0 atom stereocenters. The number of amides is 1. The molecule has 0 radical (unpaired) electrons. The average molecular weight is 298 g/mol. The molecule has 0 unspecified atom stereocenters. The van der Waals surface area contributed by atoms with Gasteiger partial charge in [-0.1, -0.05) is 27.7 Å². The van der Waals surface area contributed by atoms with Crippen molar-refractivity contribution in [1.82, 2.24) is 10.2 Å². The summed E-state index contributed by atoms with van der Waals surface area (Å²) in [6.45, 7) is 12.0. The van der Waals surface area contributed by atoms with Gasteiger partial charge in [-0.15, -0.1) is 0 Å². The molecule has 1 rings (SSSR count). The van der Waals surface area contributed by atoms with Gasteiger partial charge in [-0.3, -0.25) is 4.79 Å². The number of piperidine rings is 1. The summed E-state index contributed by atoms with van der Waals surface area (Å²) >= 11 is 0. The van der Waals surface area contributed by atoms with E-state index in [0.717, 1.165) is 45.3 Å². The minimum absolute atomic E-state index is 0.313. The van der Waals surface area contributed by atoms with E-state index in [1.54, 1.807) is 7.11 Å². The predicted molar refractivity (Wildman–Crippen MR) is 87.3 cm³/mol. The Morgan fingerprint density at radius 1 is 1.24 bits per heavy atom. The second-order valence-electron chi connectivity index (χ2n) is 6.79. The number of carbonyl (C=O) groups is 1. The van der Waals surface area contributed by atoms with Crippen molar-refractivity contribution in [3.05, 3.63) is 0 Å². The highest BCUT2D eigenvalue weighted by Gasteiger charge is 2.43. The Morgan fingerprint density at radius 2 is 1.81 bits per heavy atom. The molecule has 4 nitrogen and oxygen atoms in total. The van der Waals surface area contributed by atoms with Gasteiger partial charge in [-0.25, -0.2) is 0 Å². The molecule has 21 heavy (non-hydrogen) atoms. The van der Waals surface area contributed by atoms with E-state index in [1.807, 2.05) is 0 Å². The number of methoxy groups -OCH3 is 1. The summed E-state index contributed by atoms with van der Waals surface area (Å²) < 4.78 is 5.43. The number of hydrogen-bond donors (Lipinski definition) is 1. The molecule has 1 heterocycles. The first-order chi connectivity index (χ1) is 10.0. The monoisotopic (exact) mass is 298 g/mol. The van der Waals surface area contributed by atoms with Crippen molar-refractivity contribution in [2.24, 2.45) is 11.3 Å². The third-order valence-electron chi connectivity index (χ3n) is 4.64. The molecule has 0 aromatic carbocycles. The van der Waals surface area contributed by atoms with Gasteiger partial charge in [0, 0.05) is 19.7 Å². The van der Waals surface area contributed by atoms with E-state index in [4.69, 9.17) is 4.74 Å². The van der Waals surface area contributed by atoms with Crippen molar-refractivity contribution in [1.29, 1.82) is 0 Å². The van der Waals surface area contributed by atoms with E-state index < -0.39 is 0 Å². The fourth-order valence-corrected chi connectivity index (χ4v) is 3.43. The fourth-order valence-electron chi connectivity index (χ4n) is 3.43. The van der Waals surface area contributed by atoms with Crippen LogP contribution >= 0.6 is 0 Å². The summed E-state index contributed by atoms with van der Waals surface area (Å²) in [5.41, 5.74) is -0.322. The summed E-state index contributed by atoms with van der Waals surface area (Å²) in [5.74, 6) is 0.809. The second-order valence-corrected chi connectivity index (χ2v) is 6.79. The zero-order chi connectivity index (χ0) is 15.9. The van der Waals surface area contributed by atoms with Crippen LogP contribution < -0.4 is 5.32 Å². The van der Waals surface area contributed by atoms with Gasteiger partial charge in [0.05, 0.1) is 12.0 Å². The molecule has 1 aliphatic heterocycles. The van der Waals surface area contributed by atoms with Gasteiger partial charge in [0.1, 0.15) is 0 Å². The molecule has 1 fully saturated rings. The highest BCUT2D eigenvalue weighted by atomic mass is 16.5. The Morgan fingerprint density at radius 3 is 2.24 bits per heavy atom. The molecule has 1 amide bonds. The number of ether oxygens (including phenoxy) is 1. The fraction of sp³-hybridized carbons (Fsp3) is 0.941. The summed E-state index contributed by atoms with van der Waals surface area (Å²) in [5, 5.41) is 3.36. The molecule has 0 aliphatic carbocycles. The Hall–Kier alpha value is -0.610. The minimum atomic E-state index is -0.322. The van der Waals surface area contributed by atoms with Crippen molar-refractivity contribution < 1.29 is 9.53 Å². The molecule has 0 aromatic heterocycles. The van der Waals surface area contributed by atoms with Gasteiger partial charge < -0.3 is 15.0 Å². The van der Waals surface area contributed by atoms with Crippen LogP contribution in [-0.4, -0.2) is 50.2 Å². The molecule has 1 aliphatic rings. The highest BCUT2D eigenvalue weighted by molar-refractivity contribution is 5.83. The van der Waals surface area contributed by atoms with E-state index in [9.17, 15) is 4.79 Å². The lowest BCUT2D eigenvalue weighted by atomic mass is 9.77. The SMILES string of the molecule is CCC(CC)N(CC(C)C)C(=O)C1(COC)CCNCC1. The predicted octanol–water partition coefficient (Wildman–Crippen LogP) is 2.68. The van der Waals surface area contributed by atoms with E-state index in [-0.39, 0.29) is 5.41 Å². The van der Waals surface area contributed by atoms with Crippen molar-refractivity contribution in [3.63, 3.8) is 0 Å². The first-order valence-corrected chi connectivity index (χ1v) is 8.51. The Bertz CT molecular complexity index is 302. The van der Waals surface area contributed by atoms with Gasteiger partial charge in [0.2, 0.25) is 5.91 Å². The number of rotatable bonds is 8. The Labute approximate surface area is 130 Å². The molecule has 0 saturated carbocycles. The lowest BCUT2D eigenvalue weighted by Crippen LogP contribution is -2.54. The third kappa shape index (κ3) is 4.68. The topological polar surface area (TPSA) is 41.6 Å². The lowest BCUT2D eigenvalue weighted by Gasteiger charge is -2.43.